The van der Waals surface area contributed by atoms with Crippen molar-refractivity contribution in [2.24, 2.45) is 0 Å². The summed E-state index contributed by atoms with van der Waals surface area (Å²) >= 11 is 0. The fraction of sp³-hybridized carbons (Fsp3) is 0.381. The Hall–Kier alpha value is -3.13. The second-order valence-electron chi connectivity index (χ2n) is 7.88. The average molecular weight is 466 g/mol. The van der Waals surface area contributed by atoms with E-state index in [2.05, 4.69) is 0 Å². The van der Waals surface area contributed by atoms with E-state index in [0.29, 0.717) is 0 Å². The molecule has 2 aromatic rings. The summed E-state index contributed by atoms with van der Waals surface area (Å²) in [6.07, 6.45) is -11.5. The SMILES string of the molecule is O=C1c2c(cc(O)c([C@@H]3O[C@H](CO)[C@@H](O)[C@H](O)[C@H]3O)c2O)O[C@@H](c2ccc(O)c(O)c2)[C@H]1O. The first-order chi connectivity index (χ1) is 15.6. The lowest BCUT2D eigenvalue weighted by Crippen LogP contribution is -2.55. The molecule has 178 valence electrons. The first-order valence-corrected chi connectivity index (χ1v) is 9.87. The molecule has 0 bridgehead atoms. The van der Waals surface area contributed by atoms with E-state index < -0.39 is 89.2 Å². The number of aromatic hydroxyl groups is 4. The maximum Gasteiger partial charge on any atom is 0.202 e. The van der Waals surface area contributed by atoms with Crippen LogP contribution in [0.25, 0.3) is 0 Å². The largest absolute Gasteiger partial charge is 0.507 e. The molecule has 1 saturated heterocycles. The van der Waals surface area contributed by atoms with Crippen LogP contribution in [-0.2, 0) is 4.74 Å². The van der Waals surface area contributed by atoms with Gasteiger partial charge in [-0.15, -0.1) is 0 Å². The number of ketones is 1. The van der Waals surface area contributed by atoms with Crippen molar-refractivity contribution in [1.29, 1.82) is 0 Å². The Bertz CT molecular complexity index is 1080. The number of rotatable bonds is 3. The molecule has 2 aliphatic heterocycles. The number of fused-ring (bicyclic) bond motifs is 1. The number of phenols is 4. The molecule has 1 fully saturated rings. The second kappa shape index (κ2) is 8.33. The van der Waals surface area contributed by atoms with Crippen LogP contribution in [0.3, 0.4) is 0 Å². The molecular formula is C21H22O12. The summed E-state index contributed by atoms with van der Waals surface area (Å²) in [6, 6.07) is 4.42. The zero-order chi connectivity index (χ0) is 24.2. The summed E-state index contributed by atoms with van der Waals surface area (Å²) in [5, 5.41) is 90.7. The maximum atomic E-state index is 12.9. The van der Waals surface area contributed by atoms with Gasteiger partial charge < -0.3 is 55.4 Å². The van der Waals surface area contributed by atoms with Crippen molar-refractivity contribution in [3.05, 3.63) is 41.0 Å². The number of hydrogen-bond donors (Lipinski definition) is 9. The van der Waals surface area contributed by atoms with Crippen LogP contribution in [0.4, 0.5) is 0 Å². The summed E-state index contributed by atoms with van der Waals surface area (Å²) in [4.78, 5) is 12.9. The number of carbonyl (C=O) groups excluding carboxylic acids is 1. The van der Waals surface area contributed by atoms with Gasteiger partial charge in [0.05, 0.1) is 12.2 Å². The normalized spacial score (nSPS) is 31.7. The molecule has 2 aliphatic rings. The Morgan fingerprint density at radius 2 is 1.52 bits per heavy atom. The van der Waals surface area contributed by atoms with Crippen LogP contribution in [0, 0.1) is 0 Å². The van der Waals surface area contributed by atoms with E-state index in [1.807, 2.05) is 0 Å². The van der Waals surface area contributed by atoms with Crippen molar-refractivity contribution >= 4 is 5.78 Å². The Morgan fingerprint density at radius 3 is 2.15 bits per heavy atom. The van der Waals surface area contributed by atoms with Gasteiger partial charge in [0, 0.05) is 6.07 Å². The van der Waals surface area contributed by atoms with Crippen molar-refractivity contribution in [2.75, 3.05) is 6.61 Å². The number of benzene rings is 2. The first kappa shape index (κ1) is 23.0. The number of ether oxygens (including phenoxy) is 2. The van der Waals surface area contributed by atoms with Crippen molar-refractivity contribution in [2.45, 2.75) is 42.7 Å². The minimum Gasteiger partial charge on any atom is -0.507 e. The highest BCUT2D eigenvalue weighted by Gasteiger charge is 2.48. The highest BCUT2D eigenvalue weighted by molar-refractivity contribution is 6.06. The van der Waals surface area contributed by atoms with Crippen molar-refractivity contribution in [3.8, 4) is 28.7 Å². The molecule has 2 aromatic carbocycles. The maximum absolute atomic E-state index is 12.9. The lowest BCUT2D eigenvalue weighted by atomic mass is 9.86. The minimum atomic E-state index is -1.86. The van der Waals surface area contributed by atoms with Crippen LogP contribution < -0.4 is 4.74 Å². The molecule has 0 saturated carbocycles. The van der Waals surface area contributed by atoms with Crippen molar-refractivity contribution < 1.29 is 60.2 Å². The van der Waals surface area contributed by atoms with E-state index in [0.717, 1.165) is 18.2 Å². The number of Topliss-reactive ketones (excluding diaryl/α,β-unsaturated/α-hetero) is 1. The van der Waals surface area contributed by atoms with Gasteiger partial charge in [0.15, 0.2) is 23.7 Å². The molecule has 4 rings (SSSR count). The summed E-state index contributed by atoms with van der Waals surface area (Å²) in [7, 11) is 0. The van der Waals surface area contributed by atoms with Crippen LogP contribution >= 0.6 is 0 Å². The molecule has 0 aliphatic carbocycles. The summed E-state index contributed by atoms with van der Waals surface area (Å²) in [6.45, 7) is -0.754. The Balaban J connectivity index is 1.77. The van der Waals surface area contributed by atoms with Gasteiger partial charge in [-0.1, -0.05) is 6.07 Å². The second-order valence-corrected chi connectivity index (χ2v) is 7.88. The first-order valence-electron chi connectivity index (χ1n) is 9.87. The Morgan fingerprint density at radius 1 is 0.818 bits per heavy atom. The average Bonchev–Trinajstić information content (AvgIpc) is 2.77. The number of hydrogen-bond acceptors (Lipinski definition) is 12. The van der Waals surface area contributed by atoms with Crippen molar-refractivity contribution in [1.82, 2.24) is 0 Å². The van der Waals surface area contributed by atoms with Crippen LogP contribution in [-0.4, -0.2) is 88.9 Å². The molecule has 0 radical (unpaired) electrons. The van der Waals surface area contributed by atoms with Gasteiger partial charge in [0.2, 0.25) is 5.78 Å². The van der Waals surface area contributed by atoms with Gasteiger partial charge in [0.25, 0.3) is 0 Å². The van der Waals surface area contributed by atoms with Crippen LogP contribution in [0.15, 0.2) is 24.3 Å². The van der Waals surface area contributed by atoms with Crippen LogP contribution in [0.2, 0.25) is 0 Å². The molecule has 0 unspecified atom stereocenters. The number of phenolic OH excluding ortho intramolecular Hbond substituents is 4. The summed E-state index contributed by atoms with van der Waals surface area (Å²) in [5.41, 5.74) is -0.934. The fourth-order valence-corrected chi connectivity index (χ4v) is 4.05. The number of carbonyl (C=O) groups is 1. The quantitative estimate of drug-likeness (QED) is 0.241. The zero-order valence-corrected chi connectivity index (χ0v) is 16.8. The molecule has 7 atom stereocenters. The van der Waals surface area contributed by atoms with E-state index in [-0.39, 0.29) is 11.3 Å². The molecule has 12 nitrogen and oxygen atoms in total. The van der Waals surface area contributed by atoms with Gasteiger partial charge in [-0.2, -0.15) is 0 Å². The third-order valence-corrected chi connectivity index (χ3v) is 5.84. The molecule has 0 spiro atoms. The number of aliphatic hydroxyl groups is 5. The molecule has 2 heterocycles. The molecule has 33 heavy (non-hydrogen) atoms. The Labute approximate surface area is 185 Å². The van der Waals surface area contributed by atoms with E-state index in [1.165, 1.54) is 6.07 Å². The lowest BCUT2D eigenvalue weighted by Gasteiger charge is -2.41. The third-order valence-electron chi connectivity index (χ3n) is 5.84. The monoisotopic (exact) mass is 466 g/mol. The molecule has 0 amide bonds. The lowest BCUT2D eigenvalue weighted by molar-refractivity contribution is -0.232. The van der Waals surface area contributed by atoms with Gasteiger partial charge in [-0.05, 0) is 17.7 Å². The summed E-state index contributed by atoms with van der Waals surface area (Å²) in [5.74, 6) is -3.90. The third kappa shape index (κ3) is 3.62. The zero-order valence-electron chi connectivity index (χ0n) is 16.8. The number of aliphatic hydroxyl groups excluding tert-OH is 5. The Kier molecular flexibility index (Phi) is 5.82. The van der Waals surface area contributed by atoms with Gasteiger partial charge in [0.1, 0.15) is 53.3 Å². The highest BCUT2D eigenvalue weighted by atomic mass is 16.5. The van der Waals surface area contributed by atoms with Gasteiger partial charge >= 0.3 is 0 Å². The topological polar surface area (TPSA) is 218 Å². The van der Waals surface area contributed by atoms with Gasteiger partial charge in [-0.25, -0.2) is 0 Å². The smallest absolute Gasteiger partial charge is 0.202 e. The molecule has 0 aromatic heterocycles. The predicted molar refractivity (Wildman–Crippen MR) is 106 cm³/mol. The van der Waals surface area contributed by atoms with E-state index in [1.54, 1.807) is 0 Å². The van der Waals surface area contributed by atoms with Gasteiger partial charge in [-0.3, -0.25) is 4.79 Å². The van der Waals surface area contributed by atoms with E-state index >= 15 is 0 Å². The van der Waals surface area contributed by atoms with Crippen LogP contribution in [0.5, 0.6) is 28.7 Å². The van der Waals surface area contributed by atoms with E-state index in [9.17, 15) is 50.8 Å². The molecular weight excluding hydrogens is 444 g/mol. The van der Waals surface area contributed by atoms with Crippen molar-refractivity contribution in [3.63, 3.8) is 0 Å². The minimum absolute atomic E-state index is 0.119. The van der Waals surface area contributed by atoms with Crippen LogP contribution in [0.1, 0.15) is 33.7 Å². The predicted octanol–water partition coefficient (Wildman–Crippen LogP) is -1.30. The highest BCUT2D eigenvalue weighted by Crippen LogP contribution is 2.49. The van der Waals surface area contributed by atoms with E-state index in [4.69, 9.17) is 9.47 Å². The molecule has 9 N–H and O–H groups in total. The standard InChI is InChI=1S/C21H22O12/c22-5-11-14(26)17(29)19(31)21(33-11)12-9(25)4-10-13(15(12)27)16(28)18(30)20(32-10)6-1-2-7(23)8(24)3-6/h1-4,11,14,17-27,29-31H,5H2/t11-,14-,17+,18+,19-,20+,21+/m1/s1. The fourth-order valence-electron chi connectivity index (χ4n) is 4.05. The molecule has 12 heteroatoms. The summed E-state index contributed by atoms with van der Waals surface area (Å²) < 4.78 is 10.9.